The first kappa shape index (κ1) is 28.4. The normalized spacial score (nSPS) is 12.6. The van der Waals surface area contributed by atoms with Crippen LogP contribution in [-0.4, -0.2) is 46.8 Å². The van der Waals surface area contributed by atoms with E-state index in [1.54, 1.807) is 0 Å². The number of unbranched alkanes of at least 4 members (excludes halogenated alkanes) is 15. The summed E-state index contributed by atoms with van der Waals surface area (Å²) in [6.07, 6.45) is 23.1. The molecular formula is C25H51NO3. The van der Waals surface area contributed by atoms with Crippen LogP contribution in [0.25, 0.3) is 0 Å². The van der Waals surface area contributed by atoms with Crippen molar-refractivity contribution in [3.8, 4) is 0 Å². The van der Waals surface area contributed by atoms with Crippen molar-refractivity contribution in [2.75, 3.05) is 19.7 Å². The highest BCUT2D eigenvalue weighted by Crippen LogP contribution is 2.14. The molecule has 0 aromatic rings. The summed E-state index contributed by atoms with van der Waals surface area (Å²) >= 11 is 0. The van der Waals surface area contributed by atoms with E-state index in [0.29, 0.717) is 13.0 Å². The zero-order valence-corrected chi connectivity index (χ0v) is 19.7. The van der Waals surface area contributed by atoms with Crippen LogP contribution in [0.1, 0.15) is 129 Å². The summed E-state index contributed by atoms with van der Waals surface area (Å²) in [5.41, 5.74) is 0. The molecule has 0 rings (SSSR count). The van der Waals surface area contributed by atoms with Gasteiger partial charge in [-0.15, -0.1) is 0 Å². The Morgan fingerprint density at radius 3 is 1.41 bits per heavy atom. The Hall–Kier alpha value is -0.610. The SMILES string of the molecule is CCCCCCCCCCCCCCCCCCN(CCO)C(CCC)C(=O)O. The zero-order chi connectivity index (χ0) is 21.6. The Labute approximate surface area is 181 Å². The first-order valence-electron chi connectivity index (χ1n) is 12.7. The van der Waals surface area contributed by atoms with Crippen molar-refractivity contribution in [3.05, 3.63) is 0 Å². The van der Waals surface area contributed by atoms with E-state index in [4.69, 9.17) is 0 Å². The molecule has 0 saturated heterocycles. The van der Waals surface area contributed by atoms with Gasteiger partial charge in [-0.3, -0.25) is 9.69 Å². The third kappa shape index (κ3) is 17.9. The van der Waals surface area contributed by atoms with Gasteiger partial charge in [0.15, 0.2) is 0 Å². The van der Waals surface area contributed by atoms with E-state index in [0.717, 1.165) is 19.4 Å². The van der Waals surface area contributed by atoms with Gasteiger partial charge in [-0.2, -0.15) is 0 Å². The fourth-order valence-electron chi connectivity index (χ4n) is 4.15. The fourth-order valence-corrected chi connectivity index (χ4v) is 4.15. The third-order valence-corrected chi connectivity index (χ3v) is 5.97. The van der Waals surface area contributed by atoms with Gasteiger partial charge in [-0.1, -0.05) is 117 Å². The Kier molecular flexibility index (Phi) is 21.6. The molecule has 4 nitrogen and oxygen atoms in total. The van der Waals surface area contributed by atoms with Crippen molar-refractivity contribution in [1.82, 2.24) is 4.90 Å². The van der Waals surface area contributed by atoms with Gasteiger partial charge < -0.3 is 10.2 Å². The Morgan fingerprint density at radius 1 is 0.655 bits per heavy atom. The van der Waals surface area contributed by atoms with Gasteiger partial charge in [-0.25, -0.2) is 0 Å². The number of aliphatic carboxylic acids is 1. The lowest BCUT2D eigenvalue weighted by atomic mass is 10.0. The van der Waals surface area contributed by atoms with E-state index in [2.05, 4.69) is 6.92 Å². The van der Waals surface area contributed by atoms with E-state index >= 15 is 0 Å². The second-order valence-electron chi connectivity index (χ2n) is 8.71. The Morgan fingerprint density at radius 2 is 1.07 bits per heavy atom. The third-order valence-electron chi connectivity index (χ3n) is 5.97. The Balaban J connectivity index is 3.51. The molecule has 0 aliphatic heterocycles. The van der Waals surface area contributed by atoms with Gasteiger partial charge in [-0.05, 0) is 19.4 Å². The zero-order valence-electron chi connectivity index (χ0n) is 19.7. The second-order valence-corrected chi connectivity index (χ2v) is 8.71. The molecule has 0 amide bonds. The first-order valence-corrected chi connectivity index (χ1v) is 12.7. The average Bonchev–Trinajstić information content (AvgIpc) is 2.70. The van der Waals surface area contributed by atoms with Gasteiger partial charge in [0.2, 0.25) is 0 Å². The monoisotopic (exact) mass is 413 g/mol. The van der Waals surface area contributed by atoms with Crippen LogP contribution in [0, 0.1) is 0 Å². The van der Waals surface area contributed by atoms with Crippen molar-refractivity contribution in [2.24, 2.45) is 0 Å². The predicted octanol–water partition coefficient (Wildman–Crippen LogP) is 6.80. The molecule has 0 heterocycles. The summed E-state index contributed by atoms with van der Waals surface area (Å²) < 4.78 is 0. The minimum Gasteiger partial charge on any atom is -0.480 e. The molecular weight excluding hydrogens is 362 g/mol. The van der Waals surface area contributed by atoms with E-state index < -0.39 is 12.0 Å². The lowest BCUT2D eigenvalue weighted by Gasteiger charge is -2.28. The smallest absolute Gasteiger partial charge is 0.320 e. The second kappa shape index (κ2) is 22.1. The van der Waals surface area contributed by atoms with Crippen LogP contribution in [0.2, 0.25) is 0 Å². The van der Waals surface area contributed by atoms with Crippen LogP contribution in [0.5, 0.6) is 0 Å². The summed E-state index contributed by atoms with van der Waals surface area (Å²) in [6, 6.07) is -0.441. The molecule has 0 aromatic heterocycles. The minimum atomic E-state index is -0.753. The molecule has 0 bridgehead atoms. The molecule has 0 radical (unpaired) electrons. The molecule has 1 atom stereocenters. The number of hydrogen-bond donors (Lipinski definition) is 2. The fraction of sp³-hybridized carbons (Fsp3) is 0.960. The summed E-state index contributed by atoms with van der Waals surface area (Å²) in [4.78, 5) is 13.4. The lowest BCUT2D eigenvalue weighted by Crippen LogP contribution is -2.43. The molecule has 2 N–H and O–H groups in total. The molecule has 0 aromatic carbocycles. The Bertz CT molecular complexity index is 349. The van der Waals surface area contributed by atoms with E-state index in [9.17, 15) is 15.0 Å². The van der Waals surface area contributed by atoms with Crippen LogP contribution in [-0.2, 0) is 4.79 Å². The summed E-state index contributed by atoms with van der Waals surface area (Å²) in [5.74, 6) is -0.753. The lowest BCUT2D eigenvalue weighted by molar-refractivity contribution is -0.143. The predicted molar refractivity (Wildman–Crippen MR) is 125 cm³/mol. The van der Waals surface area contributed by atoms with Crippen molar-refractivity contribution < 1.29 is 15.0 Å². The molecule has 0 saturated carbocycles. The highest BCUT2D eigenvalue weighted by Gasteiger charge is 2.23. The number of aliphatic hydroxyl groups excluding tert-OH is 1. The number of carboxylic acid groups (broad SMARTS) is 1. The number of nitrogens with zero attached hydrogens (tertiary/aromatic N) is 1. The summed E-state index contributed by atoms with van der Waals surface area (Å²) in [5, 5.41) is 18.6. The largest absolute Gasteiger partial charge is 0.480 e. The highest BCUT2D eigenvalue weighted by molar-refractivity contribution is 5.73. The maximum Gasteiger partial charge on any atom is 0.320 e. The van der Waals surface area contributed by atoms with Crippen molar-refractivity contribution in [3.63, 3.8) is 0 Å². The van der Waals surface area contributed by atoms with Gasteiger partial charge in [0.1, 0.15) is 6.04 Å². The number of carboxylic acids is 1. The van der Waals surface area contributed by atoms with Gasteiger partial charge in [0.05, 0.1) is 6.61 Å². The maximum absolute atomic E-state index is 11.5. The molecule has 0 aliphatic rings. The standard InChI is InChI=1S/C25H51NO3/c1-3-5-6-7-8-9-10-11-12-13-14-15-16-17-18-19-21-26(22-23-27)24(20-4-2)25(28)29/h24,27H,3-23H2,1-2H3,(H,28,29). The minimum absolute atomic E-state index is 0.0341. The number of carbonyl (C=O) groups is 1. The first-order chi connectivity index (χ1) is 14.2. The molecule has 4 heteroatoms. The van der Waals surface area contributed by atoms with Gasteiger partial charge in [0.25, 0.3) is 0 Å². The quantitative estimate of drug-likeness (QED) is 0.181. The maximum atomic E-state index is 11.5. The van der Waals surface area contributed by atoms with Crippen LogP contribution in [0.4, 0.5) is 0 Å². The van der Waals surface area contributed by atoms with Crippen LogP contribution in [0.15, 0.2) is 0 Å². The molecule has 1 unspecified atom stereocenters. The van der Waals surface area contributed by atoms with Crippen molar-refractivity contribution in [1.29, 1.82) is 0 Å². The average molecular weight is 414 g/mol. The number of aliphatic hydroxyl groups is 1. The highest BCUT2D eigenvalue weighted by atomic mass is 16.4. The topological polar surface area (TPSA) is 60.8 Å². The van der Waals surface area contributed by atoms with Gasteiger partial charge >= 0.3 is 5.97 Å². The van der Waals surface area contributed by atoms with E-state index in [1.807, 2.05) is 11.8 Å². The van der Waals surface area contributed by atoms with Crippen LogP contribution in [0.3, 0.4) is 0 Å². The molecule has 0 fully saturated rings. The number of rotatable bonds is 23. The van der Waals surface area contributed by atoms with Gasteiger partial charge in [0, 0.05) is 6.54 Å². The van der Waals surface area contributed by atoms with Crippen LogP contribution < -0.4 is 0 Å². The summed E-state index contributed by atoms with van der Waals surface area (Å²) in [7, 11) is 0. The van der Waals surface area contributed by atoms with E-state index in [1.165, 1.54) is 96.3 Å². The summed E-state index contributed by atoms with van der Waals surface area (Å²) in [6.45, 7) is 5.58. The molecule has 29 heavy (non-hydrogen) atoms. The molecule has 0 spiro atoms. The van der Waals surface area contributed by atoms with Crippen molar-refractivity contribution in [2.45, 2.75) is 135 Å². The van der Waals surface area contributed by atoms with Crippen LogP contribution >= 0.6 is 0 Å². The number of hydrogen-bond acceptors (Lipinski definition) is 3. The molecule has 0 aliphatic carbocycles. The molecule has 174 valence electrons. The van der Waals surface area contributed by atoms with E-state index in [-0.39, 0.29) is 6.61 Å². The van der Waals surface area contributed by atoms with Crippen molar-refractivity contribution >= 4 is 5.97 Å².